The van der Waals surface area contributed by atoms with Gasteiger partial charge in [-0.25, -0.2) is 0 Å². The van der Waals surface area contributed by atoms with Crippen LogP contribution in [0.3, 0.4) is 0 Å². The SMILES string of the molecule is Cc1occc1C1(O)CC1C. The van der Waals surface area contributed by atoms with Crippen molar-refractivity contribution in [2.24, 2.45) is 5.92 Å². The van der Waals surface area contributed by atoms with Crippen LogP contribution < -0.4 is 0 Å². The summed E-state index contributed by atoms with van der Waals surface area (Å²) in [6.45, 7) is 3.94. The lowest BCUT2D eigenvalue weighted by molar-refractivity contribution is 0.133. The fourth-order valence-corrected chi connectivity index (χ4v) is 1.62. The average Bonchev–Trinajstić information content (AvgIpc) is 2.43. The van der Waals surface area contributed by atoms with Gasteiger partial charge in [-0.2, -0.15) is 0 Å². The molecule has 2 nitrogen and oxygen atoms in total. The maximum Gasteiger partial charge on any atom is 0.106 e. The van der Waals surface area contributed by atoms with E-state index in [9.17, 15) is 5.11 Å². The van der Waals surface area contributed by atoms with Crippen molar-refractivity contribution in [3.05, 3.63) is 23.7 Å². The van der Waals surface area contributed by atoms with E-state index in [4.69, 9.17) is 4.42 Å². The molecule has 1 heterocycles. The van der Waals surface area contributed by atoms with E-state index in [1.807, 2.05) is 19.9 Å². The molecule has 1 fully saturated rings. The molecule has 1 aliphatic rings. The van der Waals surface area contributed by atoms with Crippen molar-refractivity contribution in [1.82, 2.24) is 0 Å². The smallest absolute Gasteiger partial charge is 0.106 e. The first-order valence-electron chi connectivity index (χ1n) is 3.91. The molecule has 0 spiro atoms. The molecule has 1 saturated carbocycles. The van der Waals surface area contributed by atoms with Gasteiger partial charge in [-0.05, 0) is 25.3 Å². The summed E-state index contributed by atoms with van der Waals surface area (Å²) in [6.07, 6.45) is 2.50. The Labute approximate surface area is 65.8 Å². The first kappa shape index (κ1) is 6.92. The predicted octanol–water partition coefficient (Wildman–Crippen LogP) is 1.82. The van der Waals surface area contributed by atoms with Crippen LogP contribution in [0.5, 0.6) is 0 Å². The molecule has 0 amide bonds. The second-order valence-corrected chi connectivity index (χ2v) is 3.42. The van der Waals surface area contributed by atoms with Crippen LogP contribution in [-0.4, -0.2) is 5.11 Å². The summed E-state index contributed by atoms with van der Waals surface area (Å²) >= 11 is 0. The van der Waals surface area contributed by atoms with E-state index in [1.54, 1.807) is 6.26 Å². The molecule has 2 atom stereocenters. The Morgan fingerprint density at radius 1 is 1.73 bits per heavy atom. The largest absolute Gasteiger partial charge is 0.469 e. The molecule has 2 rings (SSSR count). The number of rotatable bonds is 1. The molecular formula is C9H12O2. The Balaban J connectivity index is 2.37. The monoisotopic (exact) mass is 152 g/mol. The topological polar surface area (TPSA) is 33.4 Å². The number of hydrogen-bond donors (Lipinski definition) is 1. The second kappa shape index (κ2) is 1.89. The average molecular weight is 152 g/mol. The fraction of sp³-hybridized carbons (Fsp3) is 0.556. The van der Waals surface area contributed by atoms with E-state index in [2.05, 4.69) is 0 Å². The minimum Gasteiger partial charge on any atom is -0.469 e. The fourth-order valence-electron chi connectivity index (χ4n) is 1.62. The summed E-state index contributed by atoms with van der Waals surface area (Å²) in [7, 11) is 0. The van der Waals surface area contributed by atoms with Gasteiger partial charge in [0.2, 0.25) is 0 Å². The summed E-state index contributed by atoms with van der Waals surface area (Å²) in [5, 5.41) is 9.88. The Hall–Kier alpha value is -0.760. The van der Waals surface area contributed by atoms with E-state index in [1.165, 1.54) is 0 Å². The summed E-state index contributed by atoms with van der Waals surface area (Å²) in [4.78, 5) is 0. The van der Waals surface area contributed by atoms with Gasteiger partial charge in [0, 0.05) is 5.56 Å². The highest BCUT2D eigenvalue weighted by Gasteiger charge is 2.52. The number of aliphatic hydroxyl groups is 1. The van der Waals surface area contributed by atoms with Crippen LogP contribution in [0.2, 0.25) is 0 Å². The zero-order chi connectivity index (χ0) is 8.06. The van der Waals surface area contributed by atoms with Gasteiger partial charge in [0.05, 0.1) is 11.9 Å². The van der Waals surface area contributed by atoms with Crippen molar-refractivity contribution in [2.75, 3.05) is 0 Å². The second-order valence-electron chi connectivity index (χ2n) is 3.42. The van der Waals surface area contributed by atoms with Gasteiger partial charge in [0.25, 0.3) is 0 Å². The van der Waals surface area contributed by atoms with Gasteiger partial charge in [-0.1, -0.05) is 6.92 Å². The maximum atomic E-state index is 9.88. The standard InChI is InChI=1S/C9H12O2/c1-6-5-9(6,10)8-3-4-11-7(8)2/h3-4,6,10H,5H2,1-2H3. The molecule has 1 aliphatic carbocycles. The number of aryl methyl sites for hydroxylation is 1. The van der Waals surface area contributed by atoms with Crippen molar-refractivity contribution < 1.29 is 9.52 Å². The van der Waals surface area contributed by atoms with Gasteiger partial charge in [0.15, 0.2) is 0 Å². The van der Waals surface area contributed by atoms with Crippen molar-refractivity contribution in [3.63, 3.8) is 0 Å². The highest BCUT2D eigenvalue weighted by atomic mass is 16.3. The Morgan fingerprint density at radius 2 is 2.36 bits per heavy atom. The highest BCUT2D eigenvalue weighted by molar-refractivity contribution is 5.30. The zero-order valence-electron chi connectivity index (χ0n) is 6.79. The quantitative estimate of drug-likeness (QED) is 0.665. The van der Waals surface area contributed by atoms with Crippen LogP contribution >= 0.6 is 0 Å². The summed E-state index contributed by atoms with van der Waals surface area (Å²) in [5.74, 6) is 1.23. The summed E-state index contributed by atoms with van der Waals surface area (Å²) < 4.78 is 5.12. The van der Waals surface area contributed by atoms with E-state index < -0.39 is 5.60 Å². The Morgan fingerprint density at radius 3 is 2.73 bits per heavy atom. The lowest BCUT2D eigenvalue weighted by Gasteiger charge is -2.06. The molecule has 1 aromatic rings. The maximum absolute atomic E-state index is 9.88. The molecule has 0 aliphatic heterocycles. The van der Waals surface area contributed by atoms with Gasteiger partial charge in [-0.3, -0.25) is 0 Å². The minimum atomic E-state index is -0.572. The van der Waals surface area contributed by atoms with Crippen molar-refractivity contribution in [2.45, 2.75) is 25.9 Å². The Bertz CT molecular complexity index is 277. The third-order valence-electron chi connectivity index (χ3n) is 2.60. The number of hydrogen-bond acceptors (Lipinski definition) is 2. The molecular weight excluding hydrogens is 140 g/mol. The molecule has 2 unspecified atom stereocenters. The van der Waals surface area contributed by atoms with Gasteiger partial charge in [-0.15, -0.1) is 0 Å². The third-order valence-corrected chi connectivity index (χ3v) is 2.60. The molecule has 1 N–H and O–H groups in total. The molecule has 0 aromatic carbocycles. The lowest BCUT2D eigenvalue weighted by Crippen LogP contribution is -2.07. The normalized spacial score (nSPS) is 35.7. The van der Waals surface area contributed by atoms with Gasteiger partial charge < -0.3 is 9.52 Å². The first-order chi connectivity index (χ1) is 5.14. The van der Waals surface area contributed by atoms with Crippen LogP contribution in [-0.2, 0) is 5.60 Å². The highest BCUT2D eigenvalue weighted by Crippen LogP contribution is 2.52. The van der Waals surface area contributed by atoms with E-state index in [0.29, 0.717) is 5.92 Å². The van der Waals surface area contributed by atoms with Crippen LogP contribution in [0.15, 0.2) is 16.7 Å². The minimum absolute atomic E-state index is 0.388. The molecule has 0 bridgehead atoms. The molecule has 2 heteroatoms. The van der Waals surface area contributed by atoms with Gasteiger partial charge >= 0.3 is 0 Å². The van der Waals surface area contributed by atoms with E-state index >= 15 is 0 Å². The van der Waals surface area contributed by atoms with Crippen LogP contribution in [0, 0.1) is 12.8 Å². The van der Waals surface area contributed by atoms with Crippen LogP contribution in [0.25, 0.3) is 0 Å². The predicted molar refractivity (Wildman–Crippen MR) is 41.1 cm³/mol. The first-order valence-corrected chi connectivity index (χ1v) is 3.91. The molecule has 1 aromatic heterocycles. The van der Waals surface area contributed by atoms with Crippen molar-refractivity contribution in [1.29, 1.82) is 0 Å². The van der Waals surface area contributed by atoms with Crippen molar-refractivity contribution in [3.8, 4) is 0 Å². The summed E-state index contributed by atoms with van der Waals surface area (Å²) in [5.41, 5.74) is 0.391. The van der Waals surface area contributed by atoms with Crippen molar-refractivity contribution >= 4 is 0 Å². The van der Waals surface area contributed by atoms with Crippen LogP contribution in [0.4, 0.5) is 0 Å². The lowest BCUT2D eigenvalue weighted by atomic mass is 10.1. The number of furan rings is 1. The third kappa shape index (κ3) is 0.824. The zero-order valence-corrected chi connectivity index (χ0v) is 6.79. The summed E-state index contributed by atoms with van der Waals surface area (Å²) in [6, 6.07) is 1.86. The molecule has 11 heavy (non-hydrogen) atoms. The molecule has 60 valence electrons. The molecule has 0 radical (unpaired) electrons. The van der Waals surface area contributed by atoms with E-state index in [0.717, 1.165) is 17.7 Å². The Kier molecular flexibility index (Phi) is 1.19. The van der Waals surface area contributed by atoms with Gasteiger partial charge in [0.1, 0.15) is 5.76 Å². The van der Waals surface area contributed by atoms with Crippen LogP contribution in [0.1, 0.15) is 24.7 Å². The van der Waals surface area contributed by atoms with E-state index in [-0.39, 0.29) is 0 Å². The molecule has 0 saturated heterocycles.